The normalized spacial score (nSPS) is 11.8. The highest BCUT2D eigenvalue weighted by Crippen LogP contribution is 2.07. The Bertz CT molecular complexity index is 343. The van der Waals surface area contributed by atoms with E-state index in [0.717, 1.165) is 5.56 Å². The Kier molecular flexibility index (Phi) is 4.24. The molecule has 0 heterocycles. The summed E-state index contributed by atoms with van der Waals surface area (Å²) in [5, 5.41) is 0. The number of ether oxygens (including phenoxy) is 1. The van der Waals surface area contributed by atoms with E-state index in [2.05, 4.69) is 4.99 Å². The molecule has 0 atom stereocenters. The van der Waals surface area contributed by atoms with Crippen LogP contribution >= 0.6 is 0 Å². The van der Waals surface area contributed by atoms with Crippen LogP contribution in [0.2, 0.25) is 0 Å². The first-order chi connectivity index (χ1) is 7.13. The lowest BCUT2D eigenvalue weighted by Gasteiger charge is -2.03. The Morgan fingerprint density at radius 2 is 2.20 bits per heavy atom. The monoisotopic (exact) mass is 210 g/mol. The van der Waals surface area contributed by atoms with Crippen LogP contribution in [0.15, 0.2) is 23.2 Å². The third kappa shape index (κ3) is 3.67. The Morgan fingerprint density at radius 1 is 1.47 bits per heavy atom. The van der Waals surface area contributed by atoms with Gasteiger partial charge in [0, 0.05) is 12.7 Å². The number of halogens is 1. The summed E-state index contributed by atoms with van der Waals surface area (Å²) in [6.07, 6.45) is 0. The molecule has 1 aromatic rings. The fraction of sp³-hybridized carbons (Fsp3) is 0.364. The summed E-state index contributed by atoms with van der Waals surface area (Å²) in [6.45, 7) is 2.81. The first kappa shape index (κ1) is 11.7. The summed E-state index contributed by atoms with van der Waals surface area (Å²) in [6, 6.07) is 4.62. The smallest absolute Gasteiger partial charge is 0.125 e. The zero-order valence-electron chi connectivity index (χ0n) is 8.96. The highest BCUT2D eigenvalue weighted by atomic mass is 19.1. The Morgan fingerprint density at radius 3 is 2.80 bits per heavy atom. The Balaban J connectivity index is 2.81. The number of aliphatic imine (C=N–C) groups is 1. The first-order valence-corrected chi connectivity index (χ1v) is 4.70. The molecule has 1 rings (SSSR count). The van der Waals surface area contributed by atoms with E-state index in [0.29, 0.717) is 24.6 Å². The fourth-order valence-electron chi connectivity index (χ4n) is 1.23. The van der Waals surface area contributed by atoms with Crippen LogP contribution in [0.4, 0.5) is 4.39 Å². The number of rotatable bonds is 4. The fourth-order valence-corrected chi connectivity index (χ4v) is 1.23. The number of nitrogens with two attached hydrogens (primary N) is 1. The van der Waals surface area contributed by atoms with Crippen LogP contribution in [-0.4, -0.2) is 26.1 Å². The van der Waals surface area contributed by atoms with Gasteiger partial charge in [-0.05, 0) is 30.7 Å². The van der Waals surface area contributed by atoms with Crippen LogP contribution in [0.3, 0.4) is 0 Å². The van der Waals surface area contributed by atoms with Crippen LogP contribution in [0.5, 0.6) is 0 Å². The lowest BCUT2D eigenvalue weighted by Crippen LogP contribution is -2.15. The van der Waals surface area contributed by atoms with Gasteiger partial charge in [0.05, 0.1) is 13.2 Å². The number of benzene rings is 1. The van der Waals surface area contributed by atoms with E-state index in [4.69, 9.17) is 10.5 Å². The number of amidine groups is 1. The van der Waals surface area contributed by atoms with Gasteiger partial charge in [-0.3, -0.25) is 4.99 Å². The topological polar surface area (TPSA) is 47.6 Å². The highest BCUT2D eigenvalue weighted by molar-refractivity contribution is 5.97. The molecule has 0 radical (unpaired) electrons. The molecule has 0 aromatic heterocycles. The second-order valence-corrected chi connectivity index (χ2v) is 3.28. The maximum atomic E-state index is 13.0. The molecule has 0 saturated carbocycles. The van der Waals surface area contributed by atoms with Gasteiger partial charge in [-0.25, -0.2) is 4.39 Å². The van der Waals surface area contributed by atoms with E-state index in [1.165, 1.54) is 12.1 Å². The molecule has 0 amide bonds. The summed E-state index contributed by atoms with van der Waals surface area (Å²) in [7, 11) is 1.60. The molecule has 2 N–H and O–H groups in total. The maximum Gasteiger partial charge on any atom is 0.125 e. The van der Waals surface area contributed by atoms with Crippen LogP contribution in [-0.2, 0) is 4.74 Å². The molecule has 0 saturated heterocycles. The SMILES string of the molecule is COCCN=C(N)c1cc(C)cc(F)c1. The average Bonchev–Trinajstić information content (AvgIpc) is 2.16. The highest BCUT2D eigenvalue weighted by Gasteiger charge is 2.01. The van der Waals surface area contributed by atoms with E-state index in [1.807, 2.05) is 6.92 Å². The molecule has 0 bridgehead atoms. The van der Waals surface area contributed by atoms with Gasteiger partial charge in [-0.15, -0.1) is 0 Å². The van der Waals surface area contributed by atoms with Crippen molar-refractivity contribution in [2.45, 2.75) is 6.92 Å². The number of aryl methyl sites for hydroxylation is 1. The third-order valence-electron chi connectivity index (χ3n) is 1.92. The molecule has 4 heteroatoms. The first-order valence-electron chi connectivity index (χ1n) is 4.70. The van der Waals surface area contributed by atoms with Crippen molar-refractivity contribution in [2.24, 2.45) is 10.7 Å². The molecule has 82 valence electrons. The summed E-state index contributed by atoms with van der Waals surface area (Å²) in [5.74, 6) is 0.0459. The molecule has 0 aliphatic heterocycles. The summed E-state index contributed by atoms with van der Waals surface area (Å²) < 4.78 is 17.9. The van der Waals surface area contributed by atoms with Crippen LogP contribution in [0.1, 0.15) is 11.1 Å². The lowest BCUT2D eigenvalue weighted by atomic mass is 10.1. The van der Waals surface area contributed by atoms with Crippen molar-refractivity contribution in [3.05, 3.63) is 35.1 Å². The van der Waals surface area contributed by atoms with Gasteiger partial charge in [0.25, 0.3) is 0 Å². The van der Waals surface area contributed by atoms with Gasteiger partial charge in [-0.1, -0.05) is 0 Å². The second-order valence-electron chi connectivity index (χ2n) is 3.28. The van der Waals surface area contributed by atoms with Crippen molar-refractivity contribution in [3.63, 3.8) is 0 Å². The molecule has 1 aromatic carbocycles. The molecule has 15 heavy (non-hydrogen) atoms. The second kappa shape index (κ2) is 5.46. The number of hydrogen-bond donors (Lipinski definition) is 1. The lowest BCUT2D eigenvalue weighted by molar-refractivity contribution is 0.208. The van der Waals surface area contributed by atoms with E-state index < -0.39 is 0 Å². The van der Waals surface area contributed by atoms with E-state index >= 15 is 0 Å². The molecule has 0 aliphatic rings. The minimum atomic E-state index is -0.296. The van der Waals surface area contributed by atoms with Crippen molar-refractivity contribution in [1.29, 1.82) is 0 Å². The van der Waals surface area contributed by atoms with Crippen molar-refractivity contribution >= 4 is 5.84 Å². The summed E-state index contributed by atoms with van der Waals surface area (Å²) in [4.78, 5) is 4.07. The van der Waals surface area contributed by atoms with E-state index in [-0.39, 0.29) is 5.82 Å². The van der Waals surface area contributed by atoms with Crippen LogP contribution in [0, 0.1) is 12.7 Å². The molecular weight excluding hydrogens is 195 g/mol. The van der Waals surface area contributed by atoms with Gasteiger partial charge < -0.3 is 10.5 Å². The average molecular weight is 210 g/mol. The predicted molar refractivity (Wildman–Crippen MR) is 58.6 cm³/mol. The van der Waals surface area contributed by atoms with Gasteiger partial charge >= 0.3 is 0 Å². The number of nitrogens with zero attached hydrogens (tertiary/aromatic N) is 1. The van der Waals surface area contributed by atoms with Crippen molar-refractivity contribution in [2.75, 3.05) is 20.3 Å². The Labute approximate surface area is 88.8 Å². The van der Waals surface area contributed by atoms with Crippen LogP contribution < -0.4 is 5.73 Å². The van der Waals surface area contributed by atoms with Gasteiger partial charge in [0.1, 0.15) is 11.7 Å². The standard InChI is InChI=1S/C11H15FN2O/c1-8-5-9(7-10(12)6-8)11(13)14-3-4-15-2/h5-7H,3-4H2,1-2H3,(H2,13,14). The predicted octanol–water partition coefficient (Wildman–Crippen LogP) is 1.49. The summed E-state index contributed by atoms with van der Waals surface area (Å²) in [5.41, 5.74) is 7.14. The molecule has 0 fully saturated rings. The Hall–Kier alpha value is -1.42. The van der Waals surface area contributed by atoms with Gasteiger partial charge in [0.2, 0.25) is 0 Å². The van der Waals surface area contributed by atoms with Crippen molar-refractivity contribution < 1.29 is 9.13 Å². The third-order valence-corrected chi connectivity index (χ3v) is 1.92. The minimum absolute atomic E-state index is 0.296. The maximum absolute atomic E-state index is 13.0. The van der Waals surface area contributed by atoms with Crippen molar-refractivity contribution in [3.8, 4) is 0 Å². The summed E-state index contributed by atoms with van der Waals surface area (Å²) >= 11 is 0. The zero-order chi connectivity index (χ0) is 11.3. The van der Waals surface area contributed by atoms with E-state index in [9.17, 15) is 4.39 Å². The molecule has 0 spiro atoms. The van der Waals surface area contributed by atoms with Gasteiger partial charge in [-0.2, -0.15) is 0 Å². The number of methoxy groups -OCH3 is 1. The van der Waals surface area contributed by atoms with Crippen molar-refractivity contribution in [1.82, 2.24) is 0 Å². The molecule has 0 aliphatic carbocycles. The largest absolute Gasteiger partial charge is 0.384 e. The zero-order valence-corrected chi connectivity index (χ0v) is 8.96. The van der Waals surface area contributed by atoms with Gasteiger partial charge in [0.15, 0.2) is 0 Å². The molecule has 3 nitrogen and oxygen atoms in total. The van der Waals surface area contributed by atoms with Crippen LogP contribution in [0.25, 0.3) is 0 Å². The quantitative estimate of drug-likeness (QED) is 0.465. The molecular formula is C11H15FN2O. The molecule has 0 unspecified atom stereocenters. The van der Waals surface area contributed by atoms with E-state index in [1.54, 1.807) is 13.2 Å². The minimum Gasteiger partial charge on any atom is -0.384 e. The number of hydrogen-bond acceptors (Lipinski definition) is 2.